The minimum Gasteiger partial charge on any atom is -0.380 e. The lowest BCUT2D eigenvalue weighted by Gasteiger charge is -2.09. The summed E-state index contributed by atoms with van der Waals surface area (Å²) in [5.74, 6) is 0. The molecule has 18 heavy (non-hydrogen) atoms. The summed E-state index contributed by atoms with van der Waals surface area (Å²) in [5.41, 5.74) is 2.35. The zero-order valence-electron chi connectivity index (χ0n) is 9.45. The number of nitrogens with one attached hydrogen (secondary N) is 1. The number of halogens is 2. The smallest absolute Gasteiger partial charge is 0.101 e. The molecule has 0 aliphatic heterocycles. The van der Waals surface area contributed by atoms with Gasteiger partial charge in [0.2, 0.25) is 0 Å². The standard InChI is InChI=1S/C14H10Cl2N2/c15-12-3-1-2-10(6-12)9-18-14-7-13(16)5-4-11(14)8-17/h1-7,18H,9H2. The molecular formula is C14H10Cl2N2. The summed E-state index contributed by atoms with van der Waals surface area (Å²) in [4.78, 5) is 0. The highest BCUT2D eigenvalue weighted by atomic mass is 35.5. The van der Waals surface area contributed by atoms with Crippen molar-refractivity contribution in [2.45, 2.75) is 6.54 Å². The number of anilines is 1. The van der Waals surface area contributed by atoms with Crippen molar-refractivity contribution >= 4 is 28.9 Å². The molecule has 0 unspecified atom stereocenters. The van der Waals surface area contributed by atoms with Crippen LogP contribution in [0.15, 0.2) is 42.5 Å². The van der Waals surface area contributed by atoms with E-state index < -0.39 is 0 Å². The topological polar surface area (TPSA) is 35.8 Å². The molecule has 0 spiro atoms. The maximum atomic E-state index is 9.00. The fourth-order valence-electron chi connectivity index (χ4n) is 1.60. The van der Waals surface area contributed by atoms with E-state index in [-0.39, 0.29) is 0 Å². The van der Waals surface area contributed by atoms with E-state index in [4.69, 9.17) is 28.5 Å². The monoisotopic (exact) mass is 276 g/mol. The predicted molar refractivity (Wildman–Crippen MR) is 74.9 cm³/mol. The van der Waals surface area contributed by atoms with Gasteiger partial charge in [-0.1, -0.05) is 35.3 Å². The predicted octanol–water partition coefficient (Wildman–Crippen LogP) is 4.48. The lowest BCUT2D eigenvalue weighted by molar-refractivity contribution is 1.15. The summed E-state index contributed by atoms with van der Waals surface area (Å²) in [7, 11) is 0. The van der Waals surface area contributed by atoms with Crippen LogP contribution in [0.25, 0.3) is 0 Å². The highest BCUT2D eigenvalue weighted by Crippen LogP contribution is 2.21. The van der Waals surface area contributed by atoms with Gasteiger partial charge in [0.25, 0.3) is 0 Å². The van der Waals surface area contributed by atoms with Gasteiger partial charge in [-0.15, -0.1) is 0 Å². The van der Waals surface area contributed by atoms with E-state index in [1.54, 1.807) is 18.2 Å². The zero-order valence-corrected chi connectivity index (χ0v) is 11.0. The van der Waals surface area contributed by atoms with Crippen molar-refractivity contribution < 1.29 is 0 Å². The second kappa shape index (κ2) is 5.77. The average molecular weight is 277 g/mol. The van der Waals surface area contributed by atoms with Crippen molar-refractivity contribution in [1.82, 2.24) is 0 Å². The molecule has 4 heteroatoms. The van der Waals surface area contributed by atoms with Gasteiger partial charge >= 0.3 is 0 Å². The van der Waals surface area contributed by atoms with Crippen molar-refractivity contribution in [2.75, 3.05) is 5.32 Å². The van der Waals surface area contributed by atoms with E-state index in [0.29, 0.717) is 22.2 Å². The largest absolute Gasteiger partial charge is 0.380 e. The van der Waals surface area contributed by atoms with Gasteiger partial charge in [-0.05, 0) is 35.9 Å². The maximum Gasteiger partial charge on any atom is 0.101 e. The SMILES string of the molecule is N#Cc1ccc(Cl)cc1NCc1cccc(Cl)c1. The molecule has 0 radical (unpaired) electrons. The molecule has 0 aromatic heterocycles. The van der Waals surface area contributed by atoms with E-state index in [0.717, 1.165) is 11.3 Å². The van der Waals surface area contributed by atoms with Gasteiger partial charge in [0.15, 0.2) is 0 Å². The van der Waals surface area contributed by atoms with Gasteiger partial charge in [-0.2, -0.15) is 5.26 Å². The fourth-order valence-corrected chi connectivity index (χ4v) is 1.99. The Morgan fingerprint density at radius 1 is 1.06 bits per heavy atom. The molecule has 0 heterocycles. The molecule has 0 bridgehead atoms. The van der Waals surface area contributed by atoms with Gasteiger partial charge < -0.3 is 5.32 Å². The lowest BCUT2D eigenvalue weighted by atomic mass is 10.1. The number of nitrogens with zero attached hydrogens (tertiary/aromatic N) is 1. The van der Waals surface area contributed by atoms with Crippen molar-refractivity contribution in [3.8, 4) is 6.07 Å². The lowest BCUT2D eigenvalue weighted by Crippen LogP contribution is -2.01. The third kappa shape index (κ3) is 3.16. The van der Waals surface area contributed by atoms with Crippen molar-refractivity contribution in [3.63, 3.8) is 0 Å². The Morgan fingerprint density at radius 2 is 1.83 bits per heavy atom. The summed E-state index contributed by atoms with van der Waals surface area (Å²) in [6.45, 7) is 0.593. The molecule has 2 aromatic carbocycles. The second-order valence-corrected chi connectivity index (χ2v) is 4.66. The first kappa shape index (κ1) is 12.8. The molecule has 0 amide bonds. The number of hydrogen-bond acceptors (Lipinski definition) is 2. The van der Waals surface area contributed by atoms with Gasteiger partial charge in [-0.25, -0.2) is 0 Å². The Labute approximate surface area is 116 Å². The third-order valence-electron chi connectivity index (χ3n) is 2.47. The molecule has 1 N–H and O–H groups in total. The van der Waals surface area contributed by atoms with Crippen LogP contribution in [0.4, 0.5) is 5.69 Å². The quantitative estimate of drug-likeness (QED) is 0.898. The summed E-state index contributed by atoms with van der Waals surface area (Å²) in [6.07, 6.45) is 0. The normalized spacial score (nSPS) is 9.83. The first-order chi connectivity index (χ1) is 8.69. The maximum absolute atomic E-state index is 9.00. The van der Waals surface area contributed by atoms with Gasteiger partial charge in [0, 0.05) is 16.6 Å². The van der Waals surface area contributed by atoms with Crippen LogP contribution in [0.3, 0.4) is 0 Å². The van der Waals surface area contributed by atoms with Crippen LogP contribution in [0.1, 0.15) is 11.1 Å². The van der Waals surface area contributed by atoms with Crippen LogP contribution >= 0.6 is 23.2 Å². The molecule has 2 aromatic rings. The number of benzene rings is 2. The molecule has 0 saturated carbocycles. The summed E-state index contributed by atoms with van der Waals surface area (Å²) < 4.78 is 0. The molecule has 0 saturated heterocycles. The molecule has 0 aliphatic carbocycles. The van der Waals surface area contributed by atoms with E-state index in [1.165, 1.54) is 0 Å². The van der Waals surface area contributed by atoms with Crippen LogP contribution < -0.4 is 5.32 Å². The second-order valence-electron chi connectivity index (χ2n) is 3.79. The van der Waals surface area contributed by atoms with E-state index in [1.807, 2.05) is 24.3 Å². The summed E-state index contributed by atoms with van der Waals surface area (Å²) in [5, 5.41) is 13.5. The van der Waals surface area contributed by atoms with Crippen LogP contribution in [-0.2, 0) is 6.54 Å². The molecule has 90 valence electrons. The van der Waals surface area contributed by atoms with Crippen molar-refractivity contribution in [2.24, 2.45) is 0 Å². The highest BCUT2D eigenvalue weighted by Gasteiger charge is 2.02. The first-order valence-corrected chi connectivity index (χ1v) is 6.12. The molecule has 0 atom stereocenters. The number of hydrogen-bond donors (Lipinski definition) is 1. The van der Waals surface area contributed by atoms with E-state index >= 15 is 0 Å². The Morgan fingerprint density at radius 3 is 2.56 bits per heavy atom. The number of rotatable bonds is 3. The average Bonchev–Trinajstić information content (AvgIpc) is 2.37. The molecule has 2 nitrogen and oxygen atoms in total. The van der Waals surface area contributed by atoms with Gasteiger partial charge in [0.1, 0.15) is 6.07 Å². The Hall–Kier alpha value is -1.69. The first-order valence-electron chi connectivity index (χ1n) is 5.37. The van der Waals surface area contributed by atoms with E-state index in [2.05, 4.69) is 11.4 Å². The van der Waals surface area contributed by atoms with E-state index in [9.17, 15) is 0 Å². The van der Waals surface area contributed by atoms with Crippen LogP contribution in [-0.4, -0.2) is 0 Å². The zero-order chi connectivity index (χ0) is 13.0. The Balaban J connectivity index is 2.15. The van der Waals surface area contributed by atoms with Gasteiger partial charge in [-0.3, -0.25) is 0 Å². The van der Waals surface area contributed by atoms with Crippen LogP contribution in [0.2, 0.25) is 10.0 Å². The molecule has 2 rings (SSSR count). The summed E-state index contributed by atoms with van der Waals surface area (Å²) in [6, 6.07) is 14.8. The fraction of sp³-hybridized carbons (Fsp3) is 0.0714. The van der Waals surface area contributed by atoms with Crippen LogP contribution in [0.5, 0.6) is 0 Å². The van der Waals surface area contributed by atoms with Crippen molar-refractivity contribution in [3.05, 3.63) is 63.6 Å². The summed E-state index contributed by atoms with van der Waals surface area (Å²) >= 11 is 11.8. The Bertz CT molecular complexity index is 603. The minimum atomic E-state index is 0.571. The highest BCUT2D eigenvalue weighted by molar-refractivity contribution is 6.31. The molecule has 0 fully saturated rings. The van der Waals surface area contributed by atoms with Crippen LogP contribution in [0, 0.1) is 11.3 Å². The van der Waals surface area contributed by atoms with Crippen molar-refractivity contribution in [1.29, 1.82) is 5.26 Å². The Kier molecular flexibility index (Phi) is 4.09. The number of nitriles is 1. The third-order valence-corrected chi connectivity index (χ3v) is 2.94. The molecule has 0 aliphatic rings. The minimum absolute atomic E-state index is 0.571. The van der Waals surface area contributed by atoms with Gasteiger partial charge in [0.05, 0.1) is 11.3 Å². The molecular weight excluding hydrogens is 267 g/mol.